The predicted octanol–water partition coefficient (Wildman–Crippen LogP) is 6.21. The van der Waals surface area contributed by atoms with E-state index < -0.39 is 11.5 Å². The molecule has 3 aromatic rings. The van der Waals surface area contributed by atoms with Gasteiger partial charge >= 0.3 is 0 Å². The van der Waals surface area contributed by atoms with Gasteiger partial charge in [0, 0.05) is 16.5 Å². The number of allylic oxidation sites excluding steroid dienone is 1. The van der Waals surface area contributed by atoms with Crippen LogP contribution in [0.25, 0.3) is 10.8 Å². The predicted molar refractivity (Wildman–Crippen MR) is 142 cm³/mol. The lowest BCUT2D eigenvalue weighted by Crippen LogP contribution is -2.43. The summed E-state index contributed by atoms with van der Waals surface area (Å²) in [5.74, 6) is 2.16. The standard InChI is InChI=1S/C30H36O6/c1-17(2)13-14-23(32)30(5)19(4)36-29-24-21(15-22(31)25(29)30)28(34-7)27(33-6)18(3)26(24)35-16-20-11-9-8-10-12-20/h8-13,15,19,23,31-32H,14,16H2,1-7H3/t19-,23-,30-/m1/s1. The van der Waals surface area contributed by atoms with E-state index in [0.717, 1.165) is 16.7 Å². The number of rotatable bonds is 8. The topological polar surface area (TPSA) is 77.4 Å². The summed E-state index contributed by atoms with van der Waals surface area (Å²) >= 11 is 0. The summed E-state index contributed by atoms with van der Waals surface area (Å²) in [6.45, 7) is 10.1. The van der Waals surface area contributed by atoms with Crippen LogP contribution in [-0.4, -0.2) is 36.6 Å². The Bertz CT molecular complexity index is 1290. The van der Waals surface area contributed by atoms with Crippen molar-refractivity contribution in [2.75, 3.05) is 14.2 Å². The first-order valence-electron chi connectivity index (χ1n) is 12.2. The van der Waals surface area contributed by atoms with Crippen LogP contribution in [0.4, 0.5) is 0 Å². The minimum atomic E-state index is -0.836. The monoisotopic (exact) mass is 492 g/mol. The second kappa shape index (κ2) is 9.94. The van der Waals surface area contributed by atoms with Crippen molar-refractivity contribution < 1.29 is 29.2 Å². The lowest BCUT2D eigenvalue weighted by atomic mass is 9.72. The van der Waals surface area contributed by atoms with Crippen molar-refractivity contribution in [1.82, 2.24) is 0 Å². The van der Waals surface area contributed by atoms with Crippen LogP contribution in [0.1, 0.15) is 50.8 Å². The quantitative estimate of drug-likeness (QED) is 0.364. The molecule has 1 aliphatic rings. The van der Waals surface area contributed by atoms with Crippen LogP contribution in [0.15, 0.2) is 48.0 Å². The Morgan fingerprint density at radius 3 is 2.39 bits per heavy atom. The van der Waals surface area contributed by atoms with Gasteiger partial charge in [0.15, 0.2) is 11.5 Å². The number of phenolic OH excluding ortho intramolecular Hbond substituents is 1. The highest BCUT2D eigenvalue weighted by Gasteiger charge is 2.51. The van der Waals surface area contributed by atoms with Gasteiger partial charge in [-0.25, -0.2) is 0 Å². The molecule has 3 atom stereocenters. The third-order valence-electron chi connectivity index (χ3n) is 7.37. The second-order valence-corrected chi connectivity index (χ2v) is 9.89. The Morgan fingerprint density at radius 1 is 1.11 bits per heavy atom. The Balaban J connectivity index is 1.98. The summed E-state index contributed by atoms with van der Waals surface area (Å²) in [7, 11) is 3.16. The number of aliphatic hydroxyl groups is 1. The second-order valence-electron chi connectivity index (χ2n) is 9.89. The third kappa shape index (κ3) is 4.13. The summed E-state index contributed by atoms with van der Waals surface area (Å²) in [5, 5.41) is 23.9. The van der Waals surface area contributed by atoms with Gasteiger partial charge in [0.1, 0.15) is 30.0 Å². The molecule has 0 amide bonds. The van der Waals surface area contributed by atoms with Crippen LogP contribution in [-0.2, 0) is 12.0 Å². The van der Waals surface area contributed by atoms with Crippen molar-refractivity contribution in [3.63, 3.8) is 0 Å². The number of hydrogen-bond donors (Lipinski definition) is 2. The average Bonchev–Trinajstić information content (AvgIpc) is 3.14. The van der Waals surface area contributed by atoms with Gasteiger partial charge in [-0.15, -0.1) is 0 Å². The molecule has 2 N–H and O–H groups in total. The van der Waals surface area contributed by atoms with Crippen LogP contribution in [0, 0.1) is 6.92 Å². The Hall–Kier alpha value is -3.38. The number of methoxy groups -OCH3 is 2. The molecule has 0 radical (unpaired) electrons. The van der Waals surface area contributed by atoms with Crippen molar-refractivity contribution in [3.8, 4) is 28.7 Å². The van der Waals surface area contributed by atoms with Crippen LogP contribution < -0.4 is 18.9 Å². The average molecular weight is 493 g/mol. The minimum absolute atomic E-state index is 0.0406. The molecule has 1 aliphatic heterocycles. The lowest BCUT2D eigenvalue weighted by molar-refractivity contribution is 0.0394. The highest BCUT2D eigenvalue weighted by Crippen LogP contribution is 2.58. The van der Waals surface area contributed by atoms with Gasteiger partial charge in [0.2, 0.25) is 0 Å². The van der Waals surface area contributed by atoms with Gasteiger partial charge in [-0.1, -0.05) is 42.0 Å². The molecule has 192 valence electrons. The maximum Gasteiger partial charge on any atom is 0.169 e. The fourth-order valence-corrected chi connectivity index (χ4v) is 5.16. The summed E-state index contributed by atoms with van der Waals surface area (Å²) in [4.78, 5) is 0. The molecule has 0 bridgehead atoms. The van der Waals surface area contributed by atoms with Gasteiger partial charge in [0.25, 0.3) is 0 Å². The molecule has 0 aromatic heterocycles. The van der Waals surface area contributed by atoms with Gasteiger partial charge < -0.3 is 29.2 Å². The van der Waals surface area contributed by atoms with Gasteiger partial charge in [-0.2, -0.15) is 0 Å². The number of hydrogen-bond acceptors (Lipinski definition) is 6. The summed E-state index contributed by atoms with van der Waals surface area (Å²) in [6.07, 6.45) is 1.30. The molecule has 3 aromatic carbocycles. The maximum atomic E-state index is 11.3. The molecule has 0 unspecified atom stereocenters. The van der Waals surface area contributed by atoms with E-state index in [2.05, 4.69) is 0 Å². The molecule has 0 spiro atoms. The van der Waals surface area contributed by atoms with E-state index in [4.69, 9.17) is 18.9 Å². The van der Waals surface area contributed by atoms with Crippen molar-refractivity contribution >= 4 is 10.8 Å². The van der Waals surface area contributed by atoms with E-state index in [1.54, 1.807) is 20.3 Å². The Morgan fingerprint density at radius 2 is 1.78 bits per heavy atom. The zero-order valence-corrected chi connectivity index (χ0v) is 22.1. The number of phenols is 1. The smallest absolute Gasteiger partial charge is 0.169 e. The first-order chi connectivity index (χ1) is 17.1. The van der Waals surface area contributed by atoms with E-state index in [1.165, 1.54) is 0 Å². The summed E-state index contributed by atoms with van der Waals surface area (Å²) < 4.78 is 24.3. The first kappa shape index (κ1) is 25.7. The zero-order valence-electron chi connectivity index (χ0n) is 22.1. The number of aromatic hydroxyl groups is 1. The Kier molecular flexibility index (Phi) is 7.10. The van der Waals surface area contributed by atoms with Crippen molar-refractivity contribution in [1.29, 1.82) is 0 Å². The highest BCUT2D eigenvalue weighted by molar-refractivity contribution is 6.04. The van der Waals surface area contributed by atoms with Gasteiger partial charge in [-0.05, 0) is 52.7 Å². The van der Waals surface area contributed by atoms with Crippen LogP contribution in [0.2, 0.25) is 0 Å². The van der Waals surface area contributed by atoms with Crippen molar-refractivity contribution in [2.45, 2.75) is 65.3 Å². The fraction of sp³-hybridized carbons (Fsp3) is 0.400. The molecule has 0 fully saturated rings. The lowest BCUT2D eigenvalue weighted by Gasteiger charge is -2.33. The molecule has 0 saturated carbocycles. The van der Waals surface area contributed by atoms with E-state index >= 15 is 0 Å². The van der Waals surface area contributed by atoms with E-state index in [1.807, 2.05) is 71.0 Å². The van der Waals surface area contributed by atoms with E-state index in [0.29, 0.717) is 52.4 Å². The van der Waals surface area contributed by atoms with E-state index in [-0.39, 0.29) is 11.9 Å². The molecule has 6 heteroatoms. The first-order valence-corrected chi connectivity index (χ1v) is 12.2. The number of fused-ring (bicyclic) bond motifs is 3. The van der Waals surface area contributed by atoms with Crippen molar-refractivity contribution in [3.05, 3.63) is 64.7 Å². The van der Waals surface area contributed by atoms with Crippen LogP contribution in [0.3, 0.4) is 0 Å². The molecule has 4 rings (SSSR count). The molecule has 1 heterocycles. The summed E-state index contributed by atoms with van der Waals surface area (Å²) in [6, 6.07) is 11.6. The molecule has 6 nitrogen and oxygen atoms in total. The van der Waals surface area contributed by atoms with Crippen LogP contribution in [0.5, 0.6) is 28.7 Å². The third-order valence-corrected chi connectivity index (χ3v) is 7.37. The van der Waals surface area contributed by atoms with Crippen molar-refractivity contribution in [2.24, 2.45) is 0 Å². The minimum Gasteiger partial charge on any atom is -0.507 e. The molecule has 0 aliphatic carbocycles. The van der Waals surface area contributed by atoms with Crippen LogP contribution >= 0.6 is 0 Å². The SMILES string of the molecule is COc1c(C)c(OCc2ccccc2)c2c3c(c(O)cc2c1OC)[C@@](C)([C@H](O)CC=C(C)C)[C@@H](C)O3. The molecule has 36 heavy (non-hydrogen) atoms. The molecular formula is C30H36O6. The fourth-order valence-electron chi connectivity index (χ4n) is 5.16. The summed E-state index contributed by atoms with van der Waals surface area (Å²) in [5.41, 5.74) is 2.65. The largest absolute Gasteiger partial charge is 0.507 e. The maximum absolute atomic E-state index is 11.3. The Labute approximate surface area is 213 Å². The van der Waals surface area contributed by atoms with Gasteiger partial charge in [-0.3, -0.25) is 0 Å². The number of aliphatic hydroxyl groups excluding tert-OH is 1. The number of benzene rings is 3. The zero-order chi connectivity index (χ0) is 26.2. The normalized spacial score (nSPS) is 19.4. The van der Waals surface area contributed by atoms with E-state index in [9.17, 15) is 10.2 Å². The molecule has 0 saturated heterocycles. The highest BCUT2D eigenvalue weighted by atomic mass is 16.5. The number of ether oxygens (including phenoxy) is 4. The van der Waals surface area contributed by atoms with Gasteiger partial charge in [0.05, 0.1) is 31.1 Å². The molecular weight excluding hydrogens is 456 g/mol.